The summed E-state index contributed by atoms with van der Waals surface area (Å²) in [5.41, 5.74) is 4.76. The van der Waals surface area contributed by atoms with Crippen LogP contribution in [0.3, 0.4) is 0 Å². The van der Waals surface area contributed by atoms with Gasteiger partial charge in [0, 0.05) is 10.9 Å². The zero-order valence-electron chi connectivity index (χ0n) is 10.7. The van der Waals surface area contributed by atoms with Gasteiger partial charge in [-0.3, -0.25) is 4.79 Å². The molecule has 21 heavy (non-hydrogen) atoms. The number of fused-ring (bicyclic) bond motifs is 1. The number of hydrogen-bond acceptors (Lipinski definition) is 4. The quantitative estimate of drug-likeness (QED) is 0.918. The smallest absolute Gasteiger partial charge is 0.330 e. The van der Waals surface area contributed by atoms with Gasteiger partial charge in [-0.05, 0) is 25.1 Å². The lowest BCUT2D eigenvalue weighted by Gasteiger charge is -2.13. The first-order valence-electron chi connectivity index (χ1n) is 5.98. The molecule has 5 nitrogen and oxygen atoms in total. The summed E-state index contributed by atoms with van der Waals surface area (Å²) in [6.45, 7) is 0.140. The minimum atomic E-state index is -5.19. The third-order valence-electron chi connectivity index (χ3n) is 2.76. The Morgan fingerprint density at radius 3 is 2.57 bits per heavy atom. The topological polar surface area (TPSA) is 74.3 Å². The molecule has 2 N–H and O–H groups in total. The fourth-order valence-electron chi connectivity index (χ4n) is 1.84. The summed E-state index contributed by atoms with van der Waals surface area (Å²) in [6, 6.07) is 7.65. The van der Waals surface area contributed by atoms with E-state index in [1.165, 1.54) is 18.2 Å². The van der Waals surface area contributed by atoms with E-state index in [9.17, 15) is 22.8 Å². The summed E-state index contributed by atoms with van der Waals surface area (Å²) >= 11 is 0. The second kappa shape index (κ2) is 5.57. The van der Waals surface area contributed by atoms with E-state index in [1.807, 2.05) is 0 Å². The van der Waals surface area contributed by atoms with Gasteiger partial charge >= 0.3 is 12.1 Å². The lowest BCUT2D eigenvalue weighted by atomic mass is 10.1. The van der Waals surface area contributed by atoms with Crippen molar-refractivity contribution < 1.29 is 22.8 Å². The monoisotopic (exact) mass is 300 g/mol. The molecule has 1 aromatic carbocycles. The Morgan fingerprint density at radius 2 is 1.95 bits per heavy atom. The van der Waals surface area contributed by atoms with Crippen LogP contribution in [0.4, 0.5) is 13.2 Å². The number of hydrogen-bond donors (Lipinski definition) is 1. The van der Waals surface area contributed by atoms with Crippen LogP contribution in [0.15, 0.2) is 35.1 Å². The van der Waals surface area contributed by atoms with Crippen LogP contribution in [0, 0.1) is 0 Å². The number of carbonyl (C=O) groups is 1. The van der Waals surface area contributed by atoms with Crippen molar-refractivity contribution in [3.8, 4) is 0 Å². The molecule has 0 bridgehead atoms. The van der Waals surface area contributed by atoms with Crippen molar-refractivity contribution in [3.05, 3.63) is 46.2 Å². The second-order valence-corrected chi connectivity index (χ2v) is 4.24. The van der Waals surface area contributed by atoms with Crippen LogP contribution in [0.2, 0.25) is 0 Å². The molecule has 0 unspecified atom stereocenters. The van der Waals surface area contributed by atoms with Crippen molar-refractivity contribution in [1.29, 1.82) is 0 Å². The first kappa shape index (κ1) is 15.0. The Labute approximate surface area is 116 Å². The van der Waals surface area contributed by atoms with Crippen LogP contribution in [0.1, 0.15) is 5.56 Å². The zero-order chi connectivity index (χ0) is 15.6. The molecule has 8 heteroatoms. The highest BCUT2D eigenvalue weighted by molar-refractivity contribution is 5.81. The van der Waals surface area contributed by atoms with Crippen LogP contribution in [-0.4, -0.2) is 23.4 Å². The summed E-state index contributed by atoms with van der Waals surface area (Å²) < 4.78 is 37.3. The number of alkyl halides is 3. The molecule has 0 aliphatic carbocycles. The van der Waals surface area contributed by atoms with E-state index in [0.29, 0.717) is 10.1 Å². The Bertz CT molecular complexity index is 737. The number of pyridine rings is 1. The van der Waals surface area contributed by atoms with E-state index >= 15 is 0 Å². The van der Waals surface area contributed by atoms with E-state index < -0.39 is 17.7 Å². The van der Waals surface area contributed by atoms with E-state index in [1.54, 1.807) is 12.1 Å². The van der Waals surface area contributed by atoms with Crippen LogP contribution in [0.5, 0.6) is 0 Å². The maximum absolute atomic E-state index is 12.3. The molecule has 1 heterocycles. The van der Waals surface area contributed by atoms with Gasteiger partial charge in [0.25, 0.3) is 5.56 Å². The third-order valence-corrected chi connectivity index (χ3v) is 2.76. The number of nitrogens with two attached hydrogens (primary N) is 1. The van der Waals surface area contributed by atoms with Crippen LogP contribution in [0.25, 0.3) is 10.9 Å². The van der Waals surface area contributed by atoms with Gasteiger partial charge in [-0.15, -0.1) is 4.73 Å². The summed E-state index contributed by atoms with van der Waals surface area (Å²) in [4.78, 5) is 27.3. The van der Waals surface area contributed by atoms with Gasteiger partial charge in [-0.1, -0.05) is 18.2 Å². The predicted octanol–water partition coefficient (Wildman–Crippen LogP) is 1.02. The highest BCUT2D eigenvalue weighted by atomic mass is 19.4. The molecule has 0 amide bonds. The highest BCUT2D eigenvalue weighted by Crippen LogP contribution is 2.17. The number of para-hydroxylation sites is 1. The van der Waals surface area contributed by atoms with Gasteiger partial charge in [-0.25, -0.2) is 4.79 Å². The molecular formula is C13H11F3N2O3. The first-order valence-corrected chi connectivity index (χ1v) is 5.98. The molecule has 0 fully saturated rings. The number of nitrogens with zero attached hydrogens (tertiary/aromatic N) is 1. The summed E-state index contributed by atoms with van der Waals surface area (Å²) in [6.07, 6.45) is -5.03. The second-order valence-electron chi connectivity index (χ2n) is 4.24. The predicted molar refractivity (Wildman–Crippen MR) is 68.6 cm³/mol. The highest BCUT2D eigenvalue weighted by Gasteiger charge is 2.42. The van der Waals surface area contributed by atoms with Crippen LogP contribution < -0.4 is 16.1 Å². The number of aromatic nitrogens is 1. The Kier molecular flexibility index (Phi) is 3.99. The fraction of sp³-hybridized carbons (Fsp3) is 0.231. The molecule has 112 valence electrons. The molecule has 1 aromatic heterocycles. The SMILES string of the molecule is NCCc1cc2ccccc2n(OC(=O)C(F)(F)F)c1=O. The minimum absolute atomic E-state index is 0.0703. The average molecular weight is 300 g/mol. The van der Waals surface area contributed by atoms with Crippen molar-refractivity contribution in [1.82, 2.24) is 4.73 Å². The minimum Gasteiger partial charge on any atom is -0.330 e. The molecule has 2 aromatic rings. The summed E-state index contributed by atoms with van der Waals surface area (Å²) in [5, 5.41) is 0.468. The first-order chi connectivity index (χ1) is 9.84. The lowest BCUT2D eigenvalue weighted by molar-refractivity contribution is -0.199. The normalized spacial score (nSPS) is 11.6. The van der Waals surface area contributed by atoms with Crippen molar-refractivity contribution >= 4 is 16.9 Å². The molecule has 0 aliphatic heterocycles. The van der Waals surface area contributed by atoms with Gasteiger partial charge in [-0.2, -0.15) is 13.2 Å². The summed E-state index contributed by atoms with van der Waals surface area (Å²) in [7, 11) is 0. The van der Waals surface area contributed by atoms with Gasteiger partial charge in [0.05, 0.1) is 5.52 Å². The lowest BCUT2D eigenvalue weighted by Crippen LogP contribution is -2.39. The largest absolute Gasteiger partial charge is 0.493 e. The van der Waals surface area contributed by atoms with Gasteiger partial charge in [0.1, 0.15) is 0 Å². The molecular weight excluding hydrogens is 289 g/mol. The fourth-order valence-corrected chi connectivity index (χ4v) is 1.84. The maximum atomic E-state index is 12.3. The average Bonchev–Trinajstić information content (AvgIpc) is 2.42. The number of halogens is 3. The van der Waals surface area contributed by atoms with E-state index in [2.05, 4.69) is 4.84 Å². The number of carbonyl (C=O) groups excluding carboxylic acids is 1. The summed E-state index contributed by atoms with van der Waals surface area (Å²) in [5.74, 6) is -2.46. The van der Waals surface area contributed by atoms with Crippen LogP contribution >= 0.6 is 0 Å². The van der Waals surface area contributed by atoms with Crippen molar-refractivity contribution in [3.63, 3.8) is 0 Å². The van der Waals surface area contributed by atoms with E-state index in [-0.39, 0.29) is 24.0 Å². The van der Waals surface area contributed by atoms with Crippen molar-refractivity contribution in [2.45, 2.75) is 12.6 Å². The molecule has 2 rings (SSSR count). The molecule has 0 radical (unpaired) electrons. The van der Waals surface area contributed by atoms with Crippen molar-refractivity contribution in [2.75, 3.05) is 6.54 Å². The number of benzene rings is 1. The standard InChI is InChI=1S/C13H11F3N2O3/c14-13(15,16)12(20)21-18-10-4-2-1-3-8(10)7-9(5-6-17)11(18)19/h1-4,7H,5-6,17H2. The van der Waals surface area contributed by atoms with Gasteiger partial charge in [0.2, 0.25) is 0 Å². The molecule has 0 spiro atoms. The molecule has 0 saturated carbocycles. The Hall–Kier alpha value is -2.35. The van der Waals surface area contributed by atoms with E-state index in [4.69, 9.17) is 5.73 Å². The van der Waals surface area contributed by atoms with Gasteiger partial charge < -0.3 is 10.6 Å². The Balaban J connectivity index is 2.62. The molecule has 0 atom stereocenters. The molecule has 0 saturated heterocycles. The van der Waals surface area contributed by atoms with Gasteiger partial charge in [0.15, 0.2) is 0 Å². The third kappa shape index (κ3) is 3.05. The zero-order valence-corrected chi connectivity index (χ0v) is 10.7. The van der Waals surface area contributed by atoms with Crippen LogP contribution in [-0.2, 0) is 11.2 Å². The number of rotatable bonds is 3. The Morgan fingerprint density at radius 1 is 1.29 bits per heavy atom. The van der Waals surface area contributed by atoms with Crippen molar-refractivity contribution in [2.24, 2.45) is 5.73 Å². The van der Waals surface area contributed by atoms with E-state index in [0.717, 1.165) is 0 Å². The maximum Gasteiger partial charge on any atom is 0.493 e. The molecule has 0 aliphatic rings.